The molecule has 4 nitrogen and oxygen atoms in total. The van der Waals surface area contributed by atoms with E-state index in [2.05, 4.69) is 11.4 Å². The van der Waals surface area contributed by atoms with Crippen LogP contribution >= 0.6 is 11.8 Å². The quantitative estimate of drug-likeness (QED) is 0.837. The predicted molar refractivity (Wildman–Crippen MR) is 79.4 cm³/mol. The summed E-state index contributed by atoms with van der Waals surface area (Å²) in [4.78, 5) is 14.5. The Morgan fingerprint density at radius 2 is 2.26 bits per heavy atom. The molecule has 0 heterocycles. The molecule has 19 heavy (non-hydrogen) atoms. The van der Waals surface area contributed by atoms with E-state index < -0.39 is 0 Å². The van der Waals surface area contributed by atoms with E-state index in [0.717, 1.165) is 10.6 Å². The van der Waals surface area contributed by atoms with Crippen molar-refractivity contribution >= 4 is 23.4 Å². The lowest BCUT2D eigenvalue weighted by Gasteiger charge is -2.24. The first-order valence-electron chi connectivity index (χ1n) is 6.05. The van der Waals surface area contributed by atoms with Gasteiger partial charge in [-0.2, -0.15) is 5.26 Å². The SMILES string of the molecule is CNC(=O)C(C)CN(C)c1cccc(SC)c1C#N. The van der Waals surface area contributed by atoms with E-state index in [1.165, 1.54) is 0 Å². The molecule has 1 unspecified atom stereocenters. The van der Waals surface area contributed by atoms with E-state index in [1.54, 1.807) is 18.8 Å². The second kappa shape index (κ2) is 7.05. The maximum absolute atomic E-state index is 11.5. The van der Waals surface area contributed by atoms with E-state index in [4.69, 9.17) is 0 Å². The number of rotatable bonds is 5. The Balaban J connectivity index is 2.97. The summed E-state index contributed by atoms with van der Waals surface area (Å²) in [6.07, 6.45) is 1.95. The highest BCUT2D eigenvalue weighted by atomic mass is 32.2. The van der Waals surface area contributed by atoms with Crippen LogP contribution in [-0.4, -0.2) is 32.8 Å². The highest BCUT2D eigenvalue weighted by Crippen LogP contribution is 2.28. The minimum atomic E-state index is -0.125. The lowest BCUT2D eigenvalue weighted by molar-refractivity contribution is -0.123. The number of nitrogens with one attached hydrogen (secondary N) is 1. The molecule has 0 spiro atoms. The smallest absolute Gasteiger partial charge is 0.224 e. The molecule has 102 valence electrons. The van der Waals surface area contributed by atoms with Crippen molar-refractivity contribution in [3.63, 3.8) is 0 Å². The summed E-state index contributed by atoms with van der Waals surface area (Å²) >= 11 is 1.55. The van der Waals surface area contributed by atoms with Gasteiger partial charge in [0.2, 0.25) is 5.91 Å². The number of thioether (sulfide) groups is 1. The maximum Gasteiger partial charge on any atom is 0.224 e. The van der Waals surface area contributed by atoms with Crippen LogP contribution in [0.5, 0.6) is 0 Å². The molecule has 1 aromatic rings. The fraction of sp³-hybridized carbons (Fsp3) is 0.429. The van der Waals surface area contributed by atoms with Crippen molar-refractivity contribution < 1.29 is 4.79 Å². The summed E-state index contributed by atoms with van der Waals surface area (Å²) in [5, 5.41) is 11.9. The van der Waals surface area contributed by atoms with Crippen LogP contribution in [0.15, 0.2) is 23.1 Å². The van der Waals surface area contributed by atoms with Gasteiger partial charge in [0, 0.05) is 25.5 Å². The van der Waals surface area contributed by atoms with Gasteiger partial charge in [-0.3, -0.25) is 4.79 Å². The third kappa shape index (κ3) is 3.65. The van der Waals surface area contributed by atoms with Crippen LogP contribution in [0.3, 0.4) is 0 Å². The standard InChI is InChI=1S/C14H19N3OS/c1-10(14(18)16-2)9-17(3)12-6-5-7-13(19-4)11(12)8-15/h5-7,10H,9H2,1-4H3,(H,16,18). The summed E-state index contributed by atoms with van der Waals surface area (Å²) in [6.45, 7) is 2.45. The normalized spacial score (nSPS) is 11.5. The Labute approximate surface area is 118 Å². The third-order valence-corrected chi connectivity index (χ3v) is 3.77. The molecule has 0 aliphatic heterocycles. The zero-order valence-corrected chi connectivity index (χ0v) is 12.5. The highest BCUT2D eigenvalue weighted by Gasteiger charge is 2.17. The first kappa shape index (κ1) is 15.4. The van der Waals surface area contributed by atoms with Crippen molar-refractivity contribution in [2.24, 2.45) is 5.92 Å². The summed E-state index contributed by atoms with van der Waals surface area (Å²) in [5.41, 5.74) is 1.53. The Morgan fingerprint density at radius 3 is 2.79 bits per heavy atom. The largest absolute Gasteiger partial charge is 0.373 e. The average Bonchev–Trinajstić information content (AvgIpc) is 2.44. The average molecular weight is 277 g/mol. The number of hydrogen-bond acceptors (Lipinski definition) is 4. The van der Waals surface area contributed by atoms with Crippen LogP contribution < -0.4 is 10.2 Å². The molecule has 1 aromatic carbocycles. The Bertz CT molecular complexity index is 496. The molecule has 0 fully saturated rings. The molecule has 0 aromatic heterocycles. The molecule has 5 heteroatoms. The molecule has 0 aliphatic carbocycles. The summed E-state index contributed by atoms with van der Waals surface area (Å²) in [7, 11) is 3.54. The van der Waals surface area contributed by atoms with Crippen molar-refractivity contribution in [2.75, 3.05) is 31.8 Å². The van der Waals surface area contributed by atoms with Gasteiger partial charge < -0.3 is 10.2 Å². The minimum absolute atomic E-state index is 0.00591. The fourth-order valence-electron chi connectivity index (χ4n) is 1.96. The topological polar surface area (TPSA) is 56.1 Å². The number of anilines is 1. The van der Waals surface area contributed by atoms with Gasteiger partial charge in [0.15, 0.2) is 0 Å². The second-order valence-corrected chi connectivity index (χ2v) is 5.21. The third-order valence-electron chi connectivity index (χ3n) is 2.99. The maximum atomic E-state index is 11.5. The molecule has 0 saturated heterocycles. The van der Waals surface area contributed by atoms with Crippen molar-refractivity contribution in [3.05, 3.63) is 23.8 Å². The summed E-state index contributed by atoms with van der Waals surface area (Å²) in [6, 6.07) is 8.03. The van der Waals surface area contributed by atoms with Crippen LogP contribution in [0.4, 0.5) is 5.69 Å². The number of nitrogens with zero attached hydrogens (tertiary/aromatic N) is 2. The predicted octanol–water partition coefficient (Wildman–Crippen LogP) is 2.10. The van der Waals surface area contributed by atoms with Gasteiger partial charge in [0.05, 0.1) is 17.2 Å². The number of nitriles is 1. The molecular formula is C14H19N3OS. The van der Waals surface area contributed by atoms with Crippen LogP contribution in [-0.2, 0) is 4.79 Å². The van der Waals surface area contributed by atoms with Crippen LogP contribution in [0.2, 0.25) is 0 Å². The van der Waals surface area contributed by atoms with E-state index in [1.807, 2.05) is 43.3 Å². The van der Waals surface area contributed by atoms with E-state index in [0.29, 0.717) is 12.1 Å². The van der Waals surface area contributed by atoms with Gasteiger partial charge in [-0.25, -0.2) is 0 Å². The number of benzene rings is 1. The Kier molecular flexibility index (Phi) is 5.71. The van der Waals surface area contributed by atoms with Gasteiger partial charge in [-0.05, 0) is 18.4 Å². The zero-order valence-electron chi connectivity index (χ0n) is 11.7. The summed E-state index contributed by atoms with van der Waals surface area (Å²) in [5.74, 6) is -0.120. The zero-order chi connectivity index (χ0) is 14.4. The number of carbonyl (C=O) groups is 1. The molecular weight excluding hydrogens is 258 g/mol. The van der Waals surface area contributed by atoms with Gasteiger partial charge in [-0.1, -0.05) is 13.0 Å². The van der Waals surface area contributed by atoms with Gasteiger partial charge in [0.25, 0.3) is 0 Å². The van der Waals surface area contributed by atoms with Crippen LogP contribution in [0.1, 0.15) is 12.5 Å². The van der Waals surface area contributed by atoms with Crippen LogP contribution in [0, 0.1) is 17.2 Å². The van der Waals surface area contributed by atoms with Gasteiger partial charge >= 0.3 is 0 Å². The van der Waals surface area contributed by atoms with Crippen LogP contribution in [0.25, 0.3) is 0 Å². The first-order valence-corrected chi connectivity index (χ1v) is 7.27. The van der Waals surface area contributed by atoms with Gasteiger partial charge in [0.1, 0.15) is 6.07 Å². The van der Waals surface area contributed by atoms with E-state index in [9.17, 15) is 10.1 Å². The molecule has 1 amide bonds. The lowest BCUT2D eigenvalue weighted by atomic mass is 10.1. The first-order chi connectivity index (χ1) is 9.04. The molecule has 1 atom stereocenters. The molecule has 1 N–H and O–H groups in total. The van der Waals surface area contributed by atoms with Crippen molar-refractivity contribution in [2.45, 2.75) is 11.8 Å². The summed E-state index contributed by atoms with van der Waals surface area (Å²) < 4.78 is 0. The molecule has 0 aliphatic rings. The fourth-order valence-corrected chi connectivity index (χ4v) is 2.53. The van der Waals surface area contributed by atoms with E-state index >= 15 is 0 Å². The lowest BCUT2D eigenvalue weighted by Crippen LogP contribution is -2.34. The Morgan fingerprint density at radius 1 is 1.58 bits per heavy atom. The number of carbonyl (C=O) groups excluding carboxylic acids is 1. The molecule has 0 radical (unpaired) electrons. The van der Waals surface area contributed by atoms with Crippen molar-refractivity contribution in [1.29, 1.82) is 5.26 Å². The highest BCUT2D eigenvalue weighted by molar-refractivity contribution is 7.98. The van der Waals surface area contributed by atoms with Crippen molar-refractivity contribution in [3.8, 4) is 6.07 Å². The van der Waals surface area contributed by atoms with Crippen molar-refractivity contribution in [1.82, 2.24) is 5.32 Å². The Hall–Kier alpha value is -1.67. The number of amides is 1. The van der Waals surface area contributed by atoms with E-state index in [-0.39, 0.29) is 11.8 Å². The molecule has 0 saturated carbocycles. The number of hydrogen-bond donors (Lipinski definition) is 1. The second-order valence-electron chi connectivity index (χ2n) is 4.36. The van der Waals surface area contributed by atoms with Gasteiger partial charge in [-0.15, -0.1) is 11.8 Å². The molecule has 0 bridgehead atoms. The minimum Gasteiger partial charge on any atom is -0.373 e. The molecule has 1 rings (SSSR count). The monoisotopic (exact) mass is 277 g/mol.